The first-order chi connectivity index (χ1) is 17.9. The molecular formula is C30H33N3O4. The Hall–Kier alpha value is -4.13. The van der Waals surface area contributed by atoms with Crippen molar-refractivity contribution >= 4 is 29.1 Å². The van der Waals surface area contributed by atoms with Crippen LogP contribution in [-0.4, -0.2) is 30.9 Å². The van der Waals surface area contributed by atoms with Crippen molar-refractivity contribution in [3.63, 3.8) is 0 Å². The van der Waals surface area contributed by atoms with E-state index in [9.17, 15) is 14.4 Å². The van der Waals surface area contributed by atoms with Gasteiger partial charge in [-0.1, -0.05) is 50.2 Å². The van der Waals surface area contributed by atoms with Crippen molar-refractivity contribution in [3.05, 3.63) is 89.5 Å². The van der Waals surface area contributed by atoms with E-state index >= 15 is 0 Å². The lowest BCUT2D eigenvalue weighted by atomic mass is 10.1. The Balaban J connectivity index is 1.25. The highest BCUT2D eigenvalue weighted by molar-refractivity contribution is 6.00. The molecule has 2 N–H and O–H groups in total. The van der Waals surface area contributed by atoms with Crippen LogP contribution in [0, 0.1) is 5.92 Å². The second-order valence-electron chi connectivity index (χ2n) is 9.17. The maximum atomic E-state index is 12.7. The van der Waals surface area contributed by atoms with Crippen LogP contribution in [0.25, 0.3) is 0 Å². The van der Waals surface area contributed by atoms with Gasteiger partial charge in [-0.2, -0.15) is 0 Å². The number of hydrogen-bond donors (Lipinski definition) is 2. The van der Waals surface area contributed by atoms with E-state index in [0.717, 1.165) is 24.1 Å². The summed E-state index contributed by atoms with van der Waals surface area (Å²) >= 11 is 0. The molecular weight excluding hydrogens is 466 g/mol. The van der Waals surface area contributed by atoms with Gasteiger partial charge in [-0.05, 0) is 65.9 Å². The maximum absolute atomic E-state index is 12.7. The molecule has 0 aromatic heterocycles. The summed E-state index contributed by atoms with van der Waals surface area (Å²) in [6.07, 6.45) is 2.10. The number of benzene rings is 3. The molecule has 1 heterocycles. The van der Waals surface area contributed by atoms with Crippen LogP contribution >= 0.6 is 0 Å². The highest BCUT2D eigenvalue weighted by Gasteiger charge is 2.35. The van der Waals surface area contributed by atoms with Crippen LogP contribution in [0.15, 0.2) is 72.8 Å². The number of anilines is 2. The molecule has 0 radical (unpaired) electrons. The first-order valence-corrected chi connectivity index (χ1v) is 12.7. The third kappa shape index (κ3) is 6.97. The molecule has 1 aliphatic rings. The predicted molar refractivity (Wildman–Crippen MR) is 145 cm³/mol. The molecule has 0 saturated carbocycles. The van der Waals surface area contributed by atoms with Gasteiger partial charge in [0.25, 0.3) is 5.91 Å². The van der Waals surface area contributed by atoms with Gasteiger partial charge in [-0.15, -0.1) is 0 Å². The number of rotatable bonds is 10. The van der Waals surface area contributed by atoms with E-state index in [-0.39, 0.29) is 30.7 Å². The summed E-state index contributed by atoms with van der Waals surface area (Å²) in [5.74, 6) is -0.331. The van der Waals surface area contributed by atoms with Crippen LogP contribution in [0.1, 0.15) is 37.0 Å². The van der Waals surface area contributed by atoms with E-state index in [0.29, 0.717) is 24.5 Å². The highest BCUT2D eigenvalue weighted by Crippen LogP contribution is 2.27. The van der Waals surface area contributed by atoms with Gasteiger partial charge in [0.2, 0.25) is 11.8 Å². The van der Waals surface area contributed by atoms with Crippen LogP contribution < -0.4 is 20.3 Å². The first-order valence-electron chi connectivity index (χ1n) is 12.7. The predicted octanol–water partition coefficient (Wildman–Crippen LogP) is 4.50. The van der Waals surface area contributed by atoms with E-state index in [1.54, 1.807) is 29.2 Å². The van der Waals surface area contributed by atoms with Gasteiger partial charge in [0.1, 0.15) is 5.75 Å². The summed E-state index contributed by atoms with van der Waals surface area (Å²) in [5.41, 5.74) is 4.91. The van der Waals surface area contributed by atoms with Gasteiger partial charge >= 0.3 is 0 Å². The Bertz CT molecular complexity index is 1220. The second kappa shape index (κ2) is 12.2. The number of nitrogens with zero attached hydrogens (tertiary/aromatic N) is 1. The first kappa shape index (κ1) is 25.9. The van der Waals surface area contributed by atoms with Crippen LogP contribution in [-0.2, 0) is 33.8 Å². The maximum Gasteiger partial charge on any atom is 0.262 e. The summed E-state index contributed by atoms with van der Waals surface area (Å²) in [4.78, 5) is 39.1. The molecule has 1 fully saturated rings. The Kier molecular flexibility index (Phi) is 8.56. The largest absolute Gasteiger partial charge is 0.484 e. The summed E-state index contributed by atoms with van der Waals surface area (Å²) in [6.45, 7) is 4.83. The highest BCUT2D eigenvalue weighted by atomic mass is 16.5. The number of carbonyl (C=O) groups excluding carboxylic acids is 3. The van der Waals surface area contributed by atoms with Crippen molar-refractivity contribution in [3.8, 4) is 5.75 Å². The number of nitrogens with one attached hydrogen (secondary N) is 2. The van der Waals surface area contributed by atoms with Crippen LogP contribution in [0.4, 0.5) is 11.4 Å². The molecule has 0 spiro atoms. The number of amides is 3. The molecule has 1 saturated heterocycles. The fraction of sp³-hybridized carbons (Fsp3) is 0.300. The molecule has 3 aromatic carbocycles. The van der Waals surface area contributed by atoms with E-state index in [1.807, 2.05) is 36.4 Å². The zero-order chi connectivity index (χ0) is 26.2. The Labute approximate surface area is 217 Å². The summed E-state index contributed by atoms with van der Waals surface area (Å²) in [7, 11) is 0. The number of hydrogen-bond acceptors (Lipinski definition) is 4. The molecule has 0 bridgehead atoms. The molecule has 1 aliphatic heterocycles. The number of ether oxygens (including phenoxy) is 1. The fourth-order valence-corrected chi connectivity index (χ4v) is 4.25. The van der Waals surface area contributed by atoms with Crippen molar-refractivity contribution in [1.82, 2.24) is 5.32 Å². The normalized spacial score (nSPS) is 14.9. The monoisotopic (exact) mass is 499 g/mol. The molecule has 192 valence electrons. The Morgan fingerprint density at radius 3 is 2.08 bits per heavy atom. The van der Waals surface area contributed by atoms with Crippen LogP contribution in [0.2, 0.25) is 0 Å². The van der Waals surface area contributed by atoms with Crippen molar-refractivity contribution in [2.75, 3.05) is 23.4 Å². The van der Waals surface area contributed by atoms with E-state index < -0.39 is 5.92 Å². The van der Waals surface area contributed by atoms with E-state index in [4.69, 9.17) is 4.74 Å². The summed E-state index contributed by atoms with van der Waals surface area (Å²) < 4.78 is 5.60. The minimum absolute atomic E-state index is 0.0883. The topological polar surface area (TPSA) is 87.7 Å². The molecule has 3 aromatic rings. The molecule has 0 aliphatic carbocycles. The Morgan fingerprint density at radius 1 is 0.865 bits per heavy atom. The second-order valence-corrected chi connectivity index (χ2v) is 9.17. The summed E-state index contributed by atoms with van der Waals surface area (Å²) in [5, 5.41) is 5.77. The van der Waals surface area contributed by atoms with Gasteiger partial charge in [0.15, 0.2) is 6.61 Å². The quantitative estimate of drug-likeness (QED) is 0.430. The van der Waals surface area contributed by atoms with Crippen molar-refractivity contribution < 1.29 is 19.1 Å². The van der Waals surface area contributed by atoms with Gasteiger partial charge < -0.3 is 20.3 Å². The van der Waals surface area contributed by atoms with Crippen LogP contribution in [0.5, 0.6) is 5.75 Å². The zero-order valence-corrected chi connectivity index (χ0v) is 21.3. The Morgan fingerprint density at radius 2 is 1.46 bits per heavy atom. The lowest BCUT2D eigenvalue weighted by Crippen LogP contribution is -2.32. The third-order valence-electron chi connectivity index (χ3n) is 6.56. The molecule has 37 heavy (non-hydrogen) atoms. The molecule has 4 rings (SSSR count). The molecule has 0 unspecified atom stereocenters. The van der Waals surface area contributed by atoms with Crippen molar-refractivity contribution in [2.45, 2.75) is 39.7 Å². The van der Waals surface area contributed by atoms with Crippen molar-refractivity contribution in [1.29, 1.82) is 0 Å². The van der Waals surface area contributed by atoms with Gasteiger partial charge in [0.05, 0.1) is 5.92 Å². The minimum atomic E-state index is -0.395. The van der Waals surface area contributed by atoms with Gasteiger partial charge in [-0.3, -0.25) is 14.4 Å². The minimum Gasteiger partial charge on any atom is -0.484 e. The molecule has 7 nitrogen and oxygen atoms in total. The van der Waals surface area contributed by atoms with E-state index in [1.165, 1.54) is 11.1 Å². The number of aryl methyl sites for hydroxylation is 2. The SMILES string of the molecule is CCc1ccc(CNC(=O)[C@H]2CC(=O)N(c3ccc(OCC(=O)Nc4ccc(CC)cc4)cc3)C2)cc1. The van der Waals surface area contributed by atoms with Crippen LogP contribution in [0.3, 0.4) is 0 Å². The lowest BCUT2D eigenvalue weighted by molar-refractivity contribution is -0.126. The zero-order valence-electron chi connectivity index (χ0n) is 21.3. The van der Waals surface area contributed by atoms with Crippen molar-refractivity contribution in [2.24, 2.45) is 5.92 Å². The number of carbonyl (C=O) groups is 3. The third-order valence-corrected chi connectivity index (χ3v) is 6.56. The molecule has 7 heteroatoms. The summed E-state index contributed by atoms with van der Waals surface area (Å²) in [6, 6.07) is 22.8. The standard InChI is InChI=1S/C30H33N3O4/c1-3-21-5-7-23(8-6-21)18-31-30(36)24-17-29(35)33(19-24)26-13-15-27(16-14-26)37-20-28(34)32-25-11-9-22(4-2)10-12-25/h5-16,24H,3-4,17-20H2,1-2H3,(H,31,36)(H,32,34)/t24-/m0/s1. The fourth-order valence-electron chi connectivity index (χ4n) is 4.25. The molecule has 3 amide bonds. The average molecular weight is 500 g/mol. The lowest BCUT2D eigenvalue weighted by Gasteiger charge is -2.17. The van der Waals surface area contributed by atoms with Gasteiger partial charge in [0, 0.05) is 30.9 Å². The average Bonchev–Trinajstić information content (AvgIpc) is 3.33. The smallest absolute Gasteiger partial charge is 0.262 e. The van der Waals surface area contributed by atoms with Gasteiger partial charge in [-0.25, -0.2) is 0 Å². The van der Waals surface area contributed by atoms with E-state index in [2.05, 4.69) is 36.6 Å². The molecule has 1 atom stereocenters.